The zero-order valence-corrected chi connectivity index (χ0v) is 14.7. The van der Waals surface area contributed by atoms with Gasteiger partial charge < -0.3 is 19.5 Å². The summed E-state index contributed by atoms with van der Waals surface area (Å²) in [6, 6.07) is 11.7. The summed E-state index contributed by atoms with van der Waals surface area (Å²) < 4.78 is 14.1. The van der Waals surface area contributed by atoms with Crippen LogP contribution in [0.3, 0.4) is 0 Å². The largest absolute Gasteiger partial charge is 0.465 e. The molecule has 0 aromatic heterocycles. The normalized spacial score (nSPS) is 9.85. The van der Waals surface area contributed by atoms with Crippen LogP contribution in [0.4, 0.5) is 5.69 Å². The van der Waals surface area contributed by atoms with E-state index in [-0.39, 0.29) is 5.56 Å². The van der Waals surface area contributed by atoms with Crippen LogP contribution in [0, 0.1) is 0 Å². The molecular formula is C19H17NO7. The van der Waals surface area contributed by atoms with Crippen LogP contribution in [-0.2, 0) is 19.0 Å². The molecule has 0 aliphatic carbocycles. The van der Waals surface area contributed by atoms with Crippen molar-refractivity contribution in [3.8, 4) is 0 Å². The molecule has 8 heteroatoms. The van der Waals surface area contributed by atoms with Crippen molar-refractivity contribution in [1.29, 1.82) is 0 Å². The monoisotopic (exact) mass is 371 g/mol. The molecule has 0 saturated carbocycles. The Morgan fingerprint density at radius 3 is 1.56 bits per heavy atom. The molecule has 0 aliphatic heterocycles. The summed E-state index contributed by atoms with van der Waals surface area (Å²) in [6.07, 6.45) is 0. The standard InChI is InChI=1S/C19H17NO7/c1-25-17(22)12-3-5-14(6-4-12)19(24)27-11-16(21)20-15-9-7-13(8-10-15)18(23)26-2/h3-10H,11H2,1-2H3,(H,20,21). The highest BCUT2D eigenvalue weighted by molar-refractivity contribution is 5.97. The van der Waals surface area contributed by atoms with Gasteiger partial charge in [-0.2, -0.15) is 0 Å². The molecule has 2 aromatic carbocycles. The van der Waals surface area contributed by atoms with Gasteiger partial charge in [0.15, 0.2) is 6.61 Å². The van der Waals surface area contributed by atoms with Crippen molar-refractivity contribution in [2.45, 2.75) is 0 Å². The molecule has 1 N–H and O–H groups in total. The second-order valence-corrected chi connectivity index (χ2v) is 5.26. The number of carbonyl (C=O) groups is 4. The summed E-state index contributed by atoms with van der Waals surface area (Å²) in [4.78, 5) is 46.5. The van der Waals surface area contributed by atoms with Crippen molar-refractivity contribution < 1.29 is 33.4 Å². The third-order valence-corrected chi connectivity index (χ3v) is 3.47. The van der Waals surface area contributed by atoms with E-state index in [9.17, 15) is 19.2 Å². The number of hydrogen-bond donors (Lipinski definition) is 1. The van der Waals surface area contributed by atoms with Gasteiger partial charge in [-0.1, -0.05) is 0 Å². The quantitative estimate of drug-likeness (QED) is 0.611. The Labute approximate surface area is 155 Å². The van der Waals surface area contributed by atoms with Crippen molar-refractivity contribution in [2.75, 3.05) is 26.1 Å². The number of carbonyl (C=O) groups excluding carboxylic acids is 4. The molecular weight excluding hydrogens is 354 g/mol. The average Bonchev–Trinajstić information content (AvgIpc) is 2.71. The van der Waals surface area contributed by atoms with E-state index in [1.165, 1.54) is 62.8 Å². The maximum atomic E-state index is 11.9. The number of benzene rings is 2. The number of anilines is 1. The predicted molar refractivity (Wildman–Crippen MR) is 94.5 cm³/mol. The first kappa shape index (κ1) is 19.6. The van der Waals surface area contributed by atoms with Gasteiger partial charge in [-0.15, -0.1) is 0 Å². The summed E-state index contributed by atoms with van der Waals surface area (Å²) >= 11 is 0. The fraction of sp³-hybridized carbons (Fsp3) is 0.158. The summed E-state index contributed by atoms with van der Waals surface area (Å²) in [5.41, 5.74) is 1.27. The molecule has 0 fully saturated rings. The number of hydrogen-bond acceptors (Lipinski definition) is 7. The van der Waals surface area contributed by atoms with E-state index in [1.807, 2.05) is 0 Å². The number of ether oxygens (including phenoxy) is 3. The Hall–Kier alpha value is -3.68. The average molecular weight is 371 g/mol. The van der Waals surface area contributed by atoms with Crippen molar-refractivity contribution in [3.63, 3.8) is 0 Å². The maximum Gasteiger partial charge on any atom is 0.338 e. The molecule has 140 valence electrons. The van der Waals surface area contributed by atoms with E-state index in [0.29, 0.717) is 16.8 Å². The molecule has 0 heterocycles. The highest BCUT2D eigenvalue weighted by Gasteiger charge is 2.12. The summed E-state index contributed by atoms with van der Waals surface area (Å²) in [6.45, 7) is -0.490. The Kier molecular flexibility index (Phi) is 6.65. The summed E-state index contributed by atoms with van der Waals surface area (Å²) in [7, 11) is 2.53. The fourth-order valence-corrected chi connectivity index (χ4v) is 2.08. The van der Waals surface area contributed by atoms with E-state index < -0.39 is 30.4 Å². The Bertz CT molecular complexity index is 841. The van der Waals surface area contributed by atoms with E-state index >= 15 is 0 Å². The minimum atomic E-state index is -0.706. The second-order valence-electron chi connectivity index (χ2n) is 5.26. The Morgan fingerprint density at radius 1 is 0.704 bits per heavy atom. The summed E-state index contributed by atoms with van der Waals surface area (Å²) in [5, 5.41) is 2.54. The molecule has 0 unspecified atom stereocenters. The minimum absolute atomic E-state index is 0.192. The van der Waals surface area contributed by atoms with Crippen LogP contribution in [-0.4, -0.2) is 44.6 Å². The number of amides is 1. The molecule has 0 saturated heterocycles. The van der Waals surface area contributed by atoms with Gasteiger partial charge in [0.25, 0.3) is 5.91 Å². The SMILES string of the molecule is COC(=O)c1ccc(NC(=O)COC(=O)c2ccc(C(=O)OC)cc2)cc1. The first-order valence-corrected chi connectivity index (χ1v) is 7.78. The number of nitrogens with one attached hydrogen (secondary N) is 1. The van der Waals surface area contributed by atoms with Crippen molar-refractivity contribution in [1.82, 2.24) is 0 Å². The number of esters is 3. The topological polar surface area (TPSA) is 108 Å². The molecule has 0 aliphatic rings. The molecule has 2 aromatic rings. The van der Waals surface area contributed by atoms with Gasteiger partial charge >= 0.3 is 17.9 Å². The van der Waals surface area contributed by atoms with E-state index in [0.717, 1.165) is 0 Å². The van der Waals surface area contributed by atoms with Crippen LogP contribution in [0.5, 0.6) is 0 Å². The van der Waals surface area contributed by atoms with Crippen molar-refractivity contribution in [2.24, 2.45) is 0 Å². The highest BCUT2D eigenvalue weighted by Crippen LogP contribution is 2.11. The lowest BCUT2D eigenvalue weighted by molar-refractivity contribution is -0.119. The van der Waals surface area contributed by atoms with E-state index in [1.54, 1.807) is 0 Å². The third-order valence-electron chi connectivity index (χ3n) is 3.47. The lowest BCUT2D eigenvalue weighted by Gasteiger charge is -2.07. The van der Waals surface area contributed by atoms with Crippen LogP contribution >= 0.6 is 0 Å². The van der Waals surface area contributed by atoms with Crippen molar-refractivity contribution >= 4 is 29.5 Å². The minimum Gasteiger partial charge on any atom is -0.465 e. The molecule has 0 radical (unpaired) electrons. The van der Waals surface area contributed by atoms with E-state index in [4.69, 9.17) is 4.74 Å². The lowest BCUT2D eigenvalue weighted by atomic mass is 10.1. The summed E-state index contributed by atoms with van der Waals surface area (Å²) in [5.74, 6) is -2.25. The van der Waals surface area contributed by atoms with Crippen LogP contribution in [0.15, 0.2) is 48.5 Å². The van der Waals surface area contributed by atoms with Gasteiger partial charge in [0, 0.05) is 5.69 Å². The van der Waals surface area contributed by atoms with Gasteiger partial charge in [0.2, 0.25) is 0 Å². The molecule has 0 bridgehead atoms. The molecule has 27 heavy (non-hydrogen) atoms. The van der Waals surface area contributed by atoms with Gasteiger partial charge in [-0.3, -0.25) is 4.79 Å². The lowest BCUT2D eigenvalue weighted by Crippen LogP contribution is -2.21. The van der Waals surface area contributed by atoms with Crippen LogP contribution in [0.25, 0.3) is 0 Å². The highest BCUT2D eigenvalue weighted by atomic mass is 16.5. The Morgan fingerprint density at radius 2 is 1.11 bits per heavy atom. The van der Waals surface area contributed by atoms with Crippen LogP contribution in [0.2, 0.25) is 0 Å². The molecule has 2 rings (SSSR count). The Balaban J connectivity index is 1.86. The molecule has 1 amide bonds. The smallest absolute Gasteiger partial charge is 0.338 e. The maximum absolute atomic E-state index is 11.9. The third kappa shape index (κ3) is 5.40. The zero-order valence-electron chi connectivity index (χ0n) is 14.7. The number of rotatable bonds is 6. The van der Waals surface area contributed by atoms with Crippen LogP contribution < -0.4 is 5.32 Å². The van der Waals surface area contributed by atoms with Gasteiger partial charge in [-0.05, 0) is 48.5 Å². The van der Waals surface area contributed by atoms with Gasteiger partial charge in [0.05, 0.1) is 30.9 Å². The first-order valence-electron chi connectivity index (χ1n) is 7.78. The van der Waals surface area contributed by atoms with Gasteiger partial charge in [-0.25, -0.2) is 14.4 Å². The molecule has 8 nitrogen and oxygen atoms in total. The first-order chi connectivity index (χ1) is 12.9. The fourth-order valence-electron chi connectivity index (χ4n) is 2.08. The second kappa shape index (κ2) is 9.14. The predicted octanol–water partition coefficient (Wildman–Crippen LogP) is 2.06. The van der Waals surface area contributed by atoms with E-state index in [2.05, 4.69) is 14.8 Å². The van der Waals surface area contributed by atoms with Gasteiger partial charge in [0.1, 0.15) is 0 Å². The van der Waals surface area contributed by atoms with Crippen molar-refractivity contribution in [3.05, 3.63) is 65.2 Å². The molecule has 0 spiro atoms. The molecule has 0 atom stereocenters. The van der Waals surface area contributed by atoms with Crippen LogP contribution in [0.1, 0.15) is 31.1 Å². The number of methoxy groups -OCH3 is 2. The zero-order chi connectivity index (χ0) is 19.8.